The van der Waals surface area contributed by atoms with Crippen molar-refractivity contribution in [3.05, 3.63) is 59.2 Å². The monoisotopic (exact) mass is 364 g/mol. The molecule has 0 aliphatic heterocycles. The van der Waals surface area contributed by atoms with E-state index in [9.17, 15) is 9.59 Å². The first-order valence-corrected chi connectivity index (χ1v) is 10.6. The van der Waals surface area contributed by atoms with Crippen molar-refractivity contribution in [3.8, 4) is 0 Å². The van der Waals surface area contributed by atoms with E-state index in [4.69, 9.17) is 0 Å². The van der Waals surface area contributed by atoms with Crippen molar-refractivity contribution in [2.75, 3.05) is 0 Å². The SMILES string of the molecule is CCC(C)CCCCC(C)CC1=CC=CC2C(=O)c3ccccc3C(=O)C12. The minimum absolute atomic E-state index is 0.0956. The average Bonchev–Trinajstić information content (AvgIpc) is 2.69. The number of carbonyl (C=O) groups excluding carboxylic acids is 2. The van der Waals surface area contributed by atoms with Crippen molar-refractivity contribution in [1.29, 1.82) is 0 Å². The molecule has 0 heterocycles. The van der Waals surface area contributed by atoms with Crippen LogP contribution < -0.4 is 0 Å². The Morgan fingerprint density at radius 3 is 2.22 bits per heavy atom. The lowest BCUT2D eigenvalue weighted by Crippen LogP contribution is -2.38. The Balaban J connectivity index is 1.65. The van der Waals surface area contributed by atoms with Crippen molar-refractivity contribution in [1.82, 2.24) is 0 Å². The fraction of sp³-hybridized carbons (Fsp3) is 0.520. The predicted molar refractivity (Wildman–Crippen MR) is 111 cm³/mol. The van der Waals surface area contributed by atoms with Crippen LogP contribution in [-0.2, 0) is 0 Å². The van der Waals surface area contributed by atoms with E-state index in [-0.39, 0.29) is 23.4 Å². The molecule has 0 spiro atoms. The zero-order valence-electron chi connectivity index (χ0n) is 16.9. The first-order chi connectivity index (χ1) is 13.0. The van der Waals surface area contributed by atoms with E-state index >= 15 is 0 Å². The third kappa shape index (κ3) is 4.31. The molecule has 0 aromatic heterocycles. The summed E-state index contributed by atoms with van der Waals surface area (Å²) in [6.45, 7) is 6.86. The lowest BCUT2D eigenvalue weighted by molar-refractivity contribution is 0.0789. The number of carbonyl (C=O) groups is 2. The van der Waals surface area contributed by atoms with Gasteiger partial charge >= 0.3 is 0 Å². The molecule has 4 atom stereocenters. The molecule has 0 radical (unpaired) electrons. The van der Waals surface area contributed by atoms with Crippen LogP contribution in [0.5, 0.6) is 0 Å². The van der Waals surface area contributed by atoms with E-state index in [0.717, 1.165) is 17.9 Å². The summed E-state index contributed by atoms with van der Waals surface area (Å²) in [5.74, 6) is 0.969. The van der Waals surface area contributed by atoms with E-state index in [2.05, 4.69) is 26.8 Å². The molecule has 2 nitrogen and oxygen atoms in total. The summed E-state index contributed by atoms with van der Waals surface area (Å²) in [6.07, 6.45) is 13.2. The van der Waals surface area contributed by atoms with Gasteiger partial charge in [-0.3, -0.25) is 9.59 Å². The quantitative estimate of drug-likeness (QED) is 0.498. The smallest absolute Gasteiger partial charge is 0.171 e. The minimum atomic E-state index is -0.315. The Morgan fingerprint density at radius 1 is 0.926 bits per heavy atom. The van der Waals surface area contributed by atoms with Crippen LogP contribution in [0.25, 0.3) is 0 Å². The van der Waals surface area contributed by atoms with Crippen molar-refractivity contribution in [3.63, 3.8) is 0 Å². The Morgan fingerprint density at radius 2 is 1.56 bits per heavy atom. The molecule has 0 N–H and O–H groups in total. The highest BCUT2D eigenvalue weighted by molar-refractivity contribution is 6.17. The fourth-order valence-corrected chi connectivity index (χ4v) is 4.46. The molecule has 2 aliphatic carbocycles. The first-order valence-electron chi connectivity index (χ1n) is 10.6. The molecule has 1 aromatic carbocycles. The largest absolute Gasteiger partial charge is 0.293 e. The van der Waals surface area contributed by atoms with E-state index in [1.165, 1.54) is 32.1 Å². The molecule has 2 aliphatic rings. The molecule has 0 saturated carbocycles. The van der Waals surface area contributed by atoms with E-state index in [0.29, 0.717) is 17.0 Å². The Bertz CT molecular complexity index is 755. The Labute approximate surface area is 163 Å². The van der Waals surface area contributed by atoms with E-state index < -0.39 is 0 Å². The van der Waals surface area contributed by atoms with Gasteiger partial charge in [-0.15, -0.1) is 0 Å². The number of benzene rings is 1. The summed E-state index contributed by atoms with van der Waals surface area (Å²) in [5.41, 5.74) is 2.34. The van der Waals surface area contributed by atoms with Crippen LogP contribution in [0.2, 0.25) is 0 Å². The maximum atomic E-state index is 13.1. The second kappa shape index (κ2) is 8.82. The van der Waals surface area contributed by atoms with Crippen molar-refractivity contribution < 1.29 is 9.59 Å². The molecule has 0 saturated heterocycles. The minimum Gasteiger partial charge on any atom is -0.293 e. The number of ketones is 2. The highest BCUT2D eigenvalue weighted by atomic mass is 16.1. The standard InChI is InChI=1S/C25H32O2/c1-4-17(2)10-5-6-11-18(3)16-19-12-9-15-22-23(19)25(27)21-14-8-7-13-20(21)24(22)26/h7-9,12-15,17-18,22-23H,4-6,10-11,16H2,1-3H3. The molecule has 1 aromatic rings. The molecule has 27 heavy (non-hydrogen) atoms. The van der Waals surface area contributed by atoms with Gasteiger partial charge in [-0.05, 0) is 18.3 Å². The third-order valence-corrected chi connectivity index (χ3v) is 6.36. The van der Waals surface area contributed by atoms with Crippen molar-refractivity contribution in [2.45, 2.75) is 59.3 Å². The summed E-state index contributed by atoms with van der Waals surface area (Å²) >= 11 is 0. The number of hydrogen-bond acceptors (Lipinski definition) is 2. The van der Waals surface area contributed by atoms with Gasteiger partial charge in [-0.25, -0.2) is 0 Å². The summed E-state index contributed by atoms with van der Waals surface area (Å²) in [4.78, 5) is 26.0. The van der Waals surface area contributed by atoms with Gasteiger partial charge in [0.1, 0.15) is 0 Å². The van der Waals surface area contributed by atoms with Crippen LogP contribution in [0.4, 0.5) is 0 Å². The molecule has 4 unspecified atom stereocenters. The topological polar surface area (TPSA) is 34.1 Å². The normalized spacial score (nSPS) is 23.4. The predicted octanol–water partition coefficient (Wildman–Crippen LogP) is 6.43. The van der Waals surface area contributed by atoms with Crippen LogP contribution in [0.1, 0.15) is 80.0 Å². The van der Waals surface area contributed by atoms with Crippen molar-refractivity contribution >= 4 is 11.6 Å². The van der Waals surface area contributed by atoms with E-state index in [1.54, 1.807) is 12.1 Å². The van der Waals surface area contributed by atoms with Gasteiger partial charge in [0.25, 0.3) is 0 Å². The van der Waals surface area contributed by atoms with Crippen LogP contribution in [0.3, 0.4) is 0 Å². The number of Topliss-reactive ketones (excluding diaryl/α,β-unsaturated/α-hetero) is 2. The Hall–Kier alpha value is -1.96. The van der Waals surface area contributed by atoms with Gasteiger partial charge in [0, 0.05) is 11.1 Å². The van der Waals surface area contributed by atoms with Gasteiger partial charge < -0.3 is 0 Å². The summed E-state index contributed by atoms with van der Waals surface area (Å²) < 4.78 is 0. The second-order valence-corrected chi connectivity index (χ2v) is 8.51. The molecular weight excluding hydrogens is 332 g/mol. The number of unbranched alkanes of at least 4 members (excludes halogenated alkanes) is 1. The van der Waals surface area contributed by atoms with Crippen LogP contribution >= 0.6 is 0 Å². The lowest BCUT2D eigenvalue weighted by Gasteiger charge is -2.33. The van der Waals surface area contributed by atoms with Crippen LogP contribution in [-0.4, -0.2) is 11.6 Å². The molecule has 0 fully saturated rings. The number of rotatable bonds is 8. The molecule has 0 amide bonds. The number of fused-ring (bicyclic) bond motifs is 2. The molecule has 144 valence electrons. The van der Waals surface area contributed by atoms with Crippen LogP contribution in [0, 0.1) is 23.7 Å². The average molecular weight is 365 g/mol. The number of allylic oxidation sites excluding steroid dienone is 4. The number of hydrogen-bond donors (Lipinski definition) is 0. The third-order valence-electron chi connectivity index (χ3n) is 6.36. The van der Waals surface area contributed by atoms with Gasteiger partial charge in [-0.1, -0.05) is 101 Å². The zero-order chi connectivity index (χ0) is 19.4. The summed E-state index contributed by atoms with van der Waals surface area (Å²) in [5, 5.41) is 0. The first kappa shape index (κ1) is 19.8. The maximum absolute atomic E-state index is 13.1. The lowest BCUT2D eigenvalue weighted by atomic mass is 9.67. The second-order valence-electron chi connectivity index (χ2n) is 8.51. The fourth-order valence-electron chi connectivity index (χ4n) is 4.46. The highest BCUT2D eigenvalue weighted by Crippen LogP contribution is 2.40. The molecule has 3 rings (SSSR count). The maximum Gasteiger partial charge on any atom is 0.171 e. The summed E-state index contributed by atoms with van der Waals surface area (Å²) in [6, 6.07) is 7.29. The van der Waals surface area contributed by atoms with Gasteiger partial charge in [0.2, 0.25) is 0 Å². The molecule has 0 bridgehead atoms. The molecule has 2 heteroatoms. The Kier molecular flexibility index (Phi) is 6.46. The van der Waals surface area contributed by atoms with E-state index in [1.807, 2.05) is 24.3 Å². The van der Waals surface area contributed by atoms with Gasteiger partial charge in [0.15, 0.2) is 11.6 Å². The molecular formula is C25H32O2. The van der Waals surface area contributed by atoms with Crippen LogP contribution in [0.15, 0.2) is 48.1 Å². The zero-order valence-corrected chi connectivity index (χ0v) is 16.9. The van der Waals surface area contributed by atoms with Gasteiger partial charge in [0.05, 0.1) is 11.8 Å². The highest BCUT2D eigenvalue weighted by Gasteiger charge is 2.42. The summed E-state index contributed by atoms with van der Waals surface area (Å²) in [7, 11) is 0. The van der Waals surface area contributed by atoms with Gasteiger partial charge in [-0.2, -0.15) is 0 Å². The van der Waals surface area contributed by atoms with Crippen molar-refractivity contribution in [2.24, 2.45) is 23.7 Å².